The molecule has 1 aliphatic heterocycles. The topological polar surface area (TPSA) is 49.7 Å². The van der Waals surface area contributed by atoms with Crippen LogP contribution in [0.15, 0.2) is 52.2 Å². The predicted octanol–water partition coefficient (Wildman–Crippen LogP) is 7.35. The number of allylic oxidation sites excluding steroid dienone is 3. The van der Waals surface area contributed by atoms with Crippen molar-refractivity contribution >= 4 is 11.5 Å². The van der Waals surface area contributed by atoms with Crippen molar-refractivity contribution in [3.8, 4) is 11.8 Å². The maximum atomic E-state index is 13.3. The van der Waals surface area contributed by atoms with Gasteiger partial charge in [0.15, 0.2) is 0 Å². The fourth-order valence-electron chi connectivity index (χ4n) is 9.17. The quantitative estimate of drug-likeness (QED) is 0.323. The Hall–Kier alpha value is -2.67. The number of carbonyl (C=O) groups is 1. The van der Waals surface area contributed by atoms with Crippen molar-refractivity contribution < 1.29 is 4.79 Å². The molecule has 37 heavy (non-hydrogen) atoms. The number of fused-ring (bicyclic) bond motifs is 4. The number of nitroso groups, excluding NO2 is 1. The molecule has 6 atom stereocenters. The number of nitrogens with zero attached hydrogens (tertiary/aromatic N) is 2. The monoisotopic (exact) mass is 496 g/mol. The van der Waals surface area contributed by atoms with E-state index >= 15 is 0 Å². The Kier molecular flexibility index (Phi) is 6.17. The Morgan fingerprint density at radius 1 is 1.08 bits per heavy atom. The first kappa shape index (κ1) is 24.7. The van der Waals surface area contributed by atoms with Crippen LogP contribution in [0.3, 0.4) is 0 Å². The average Bonchev–Trinajstić information content (AvgIpc) is 3.55. The number of Topliss-reactive ketones (excluding diaryl/α,β-unsaturated/α-hetero) is 1. The average molecular weight is 497 g/mol. The zero-order chi connectivity index (χ0) is 25.8. The summed E-state index contributed by atoms with van der Waals surface area (Å²) in [4.78, 5) is 27.2. The number of carbonyl (C=O) groups excluding carboxylic acids is 1. The highest BCUT2D eigenvalue weighted by Crippen LogP contribution is 2.69. The summed E-state index contributed by atoms with van der Waals surface area (Å²) >= 11 is 0. The molecule has 5 aliphatic rings. The molecule has 4 aliphatic carbocycles. The third-order valence-electron chi connectivity index (χ3n) is 10.9. The van der Waals surface area contributed by atoms with Gasteiger partial charge in [-0.2, -0.15) is 4.91 Å². The van der Waals surface area contributed by atoms with Gasteiger partial charge < -0.3 is 4.90 Å². The number of hydrogen-bond acceptors (Lipinski definition) is 4. The van der Waals surface area contributed by atoms with Gasteiger partial charge in [-0.3, -0.25) is 4.79 Å². The molecule has 1 heterocycles. The Morgan fingerprint density at radius 3 is 2.51 bits per heavy atom. The molecule has 1 aromatic rings. The third kappa shape index (κ3) is 3.68. The second-order valence-electron chi connectivity index (χ2n) is 12.4. The lowest BCUT2D eigenvalue weighted by atomic mass is 9.48. The first-order valence-electron chi connectivity index (χ1n) is 14.5. The van der Waals surface area contributed by atoms with Gasteiger partial charge in [-0.15, -0.1) is 5.92 Å². The minimum absolute atomic E-state index is 0.141. The molecule has 0 aromatic heterocycles. The molecule has 0 bridgehead atoms. The second kappa shape index (κ2) is 9.26. The highest BCUT2D eigenvalue weighted by atomic mass is 16.3. The van der Waals surface area contributed by atoms with E-state index in [0.29, 0.717) is 11.8 Å². The summed E-state index contributed by atoms with van der Waals surface area (Å²) in [6, 6.07) is 9.18. The Morgan fingerprint density at radius 2 is 1.84 bits per heavy atom. The molecule has 4 heteroatoms. The van der Waals surface area contributed by atoms with Gasteiger partial charge in [0, 0.05) is 24.7 Å². The number of ketones is 1. The molecule has 4 nitrogen and oxygen atoms in total. The van der Waals surface area contributed by atoms with Crippen LogP contribution in [0.5, 0.6) is 0 Å². The van der Waals surface area contributed by atoms with E-state index in [1.54, 1.807) is 12.5 Å². The number of anilines is 1. The summed E-state index contributed by atoms with van der Waals surface area (Å²) in [6.45, 7) is 8.36. The van der Waals surface area contributed by atoms with Crippen molar-refractivity contribution in [2.75, 3.05) is 18.0 Å². The molecule has 2 unspecified atom stereocenters. The van der Waals surface area contributed by atoms with Gasteiger partial charge in [0.25, 0.3) is 0 Å². The molecule has 0 spiro atoms. The van der Waals surface area contributed by atoms with Gasteiger partial charge >= 0.3 is 0 Å². The summed E-state index contributed by atoms with van der Waals surface area (Å²) in [5, 5.41) is 3.38. The molecule has 2 saturated carbocycles. The van der Waals surface area contributed by atoms with Gasteiger partial charge in [0.1, 0.15) is 11.8 Å². The summed E-state index contributed by atoms with van der Waals surface area (Å²) < 4.78 is 0. The number of rotatable bonds is 4. The van der Waals surface area contributed by atoms with E-state index in [1.807, 2.05) is 6.92 Å². The van der Waals surface area contributed by atoms with E-state index in [0.717, 1.165) is 58.0 Å². The number of benzene rings is 1. The van der Waals surface area contributed by atoms with Crippen LogP contribution in [0.2, 0.25) is 0 Å². The molecule has 0 amide bonds. The Bertz CT molecular complexity index is 1230. The molecule has 3 fully saturated rings. The van der Waals surface area contributed by atoms with Crippen LogP contribution in [0, 0.1) is 39.4 Å². The molecule has 0 radical (unpaired) electrons. The second-order valence-corrected chi connectivity index (χ2v) is 12.4. The van der Waals surface area contributed by atoms with Crippen LogP contribution in [0.1, 0.15) is 90.0 Å². The van der Waals surface area contributed by atoms with Crippen LogP contribution >= 0.6 is 0 Å². The molecule has 1 saturated heterocycles. The minimum atomic E-state index is -0.550. The number of hydrogen-bond donors (Lipinski definition) is 0. The Labute approximate surface area is 221 Å². The largest absolute Gasteiger partial charge is 0.372 e. The highest BCUT2D eigenvalue weighted by molar-refractivity contribution is 5.87. The van der Waals surface area contributed by atoms with E-state index in [2.05, 4.69) is 59.2 Å². The maximum Gasteiger partial charge on any atom is 0.148 e. The zero-order valence-corrected chi connectivity index (χ0v) is 22.7. The van der Waals surface area contributed by atoms with Gasteiger partial charge in [-0.1, -0.05) is 41.8 Å². The van der Waals surface area contributed by atoms with Crippen LogP contribution in [-0.4, -0.2) is 24.9 Å². The summed E-state index contributed by atoms with van der Waals surface area (Å²) in [5.74, 6) is 8.17. The van der Waals surface area contributed by atoms with E-state index in [1.165, 1.54) is 35.2 Å². The summed E-state index contributed by atoms with van der Waals surface area (Å²) in [7, 11) is 0. The van der Waals surface area contributed by atoms with Gasteiger partial charge in [0.05, 0.1) is 5.41 Å². The lowest BCUT2D eigenvalue weighted by Crippen LogP contribution is -2.50. The fourth-order valence-corrected chi connectivity index (χ4v) is 9.17. The third-order valence-corrected chi connectivity index (χ3v) is 10.9. The van der Waals surface area contributed by atoms with Crippen molar-refractivity contribution in [2.45, 2.75) is 90.5 Å². The van der Waals surface area contributed by atoms with Crippen molar-refractivity contribution in [1.82, 2.24) is 0 Å². The first-order chi connectivity index (χ1) is 17.9. The van der Waals surface area contributed by atoms with Crippen molar-refractivity contribution in [2.24, 2.45) is 27.8 Å². The van der Waals surface area contributed by atoms with Gasteiger partial charge in [-0.05, 0) is 118 Å². The molecule has 6 rings (SSSR count). The fraction of sp³-hybridized carbons (Fsp3) is 0.606. The summed E-state index contributed by atoms with van der Waals surface area (Å²) in [5.41, 5.74) is 6.50. The molecule has 1 aromatic carbocycles. The Balaban J connectivity index is 1.48. The van der Waals surface area contributed by atoms with Gasteiger partial charge in [0.2, 0.25) is 0 Å². The van der Waals surface area contributed by atoms with Crippen LogP contribution in [0.4, 0.5) is 5.69 Å². The van der Waals surface area contributed by atoms with E-state index < -0.39 is 5.41 Å². The lowest BCUT2D eigenvalue weighted by molar-refractivity contribution is -0.130. The van der Waals surface area contributed by atoms with E-state index in [9.17, 15) is 9.70 Å². The zero-order valence-electron chi connectivity index (χ0n) is 22.7. The summed E-state index contributed by atoms with van der Waals surface area (Å²) in [6.07, 6.45) is 11.5. The SMILES string of the molecule is CC#C[C@]1(C(C)=O)CC[C@H]2[C@@H]3CCC4=CC(N=O)CCC4=C3C(c3ccc(N4CCCC4)cc3)C[C@@]21C. The van der Waals surface area contributed by atoms with E-state index in [-0.39, 0.29) is 23.2 Å². The molecular formula is C33H40N2O2. The maximum absolute atomic E-state index is 13.3. The standard InChI is InChI=1S/C33H40N2O2/c1-4-16-33(22(2)36)17-15-30-28-13-9-24-20-25(34-37)10-14-27(24)31(28)29(21-32(30,33)3)23-7-11-26(12-8-23)35-18-5-6-19-35/h7-8,11-12,20,25,28-30H,5-6,9-10,13-15,17-19,21H2,1-3H3/t25?,28-,29?,30-,32-,33+/m0/s1. The van der Waals surface area contributed by atoms with Crippen molar-refractivity contribution in [3.63, 3.8) is 0 Å². The van der Waals surface area contributed by atoms with Gasteiger partial charge in [-0.25, -0.2) is 0 Å². The van der Waals surface area contributed by atoms with Crippen molar-refractivity contribution in [3.05, 3.63) is 57.5 Å². The molecule has 0 N–H and O–H groups in total. The highest BCUT2D eigenvalue weighted by Gasteiger charge is 2.64. The first-order valence-corrected chi connectivity index (χ1v) is 14.5. The van der Waals surface area contributed by atoms with Crippen LogP contribution in [0.25, 0.3) is 0 Å². The van der Waals surface area contributed by atoms with Crippen LogP contribution in [-0.2, 0) is 4.79 Å². The normalized spacial score (nSPS) is 36.6. The lowest BCUT2D eigenvalue weighted by Gasteiger charge is -2.54. The smallest absolute Gasteiger partial charge is 0.148 e. The van der Waals surface area contributed by atoms with Crippen molar-refractivity contribution in [1.29, 1.82) is 0 Å². The predicted molar refractivity (Wildman–Crippen MR) is 149 cm³/mol. The molecule has 194 valence electrons. The minimum Gasteiger partial charge on any atom is -0.372 e. The van der Waals surface area contributed by atoms with E-state index in [4.69, 9.17) is 0 Å². The van der Waals surface area contributed by atoms with Crippen LogP contribution < -0.4 is 4.90 Å². The molecular weight excluding hydrogens is 456 g/mol.